The van der Waals surface area contributed by atoms with Crippen LogP contribution >= 0.6 is 0 Å². The van der Waals surface area contributed by atoms with E-state index in [2.05, 4.69) is 5.32 Å². The van der Waals surface area contributed by atoms with Gasteiger partial charge in [0.1, 0.15) is 11.6 Å². The molecule has 1 saturated heterocycles. The Labute approximate surface area is 122 Å². The van der Waals surface area contributed by atoms with Crippen LogP contribution in [0.3, 0.4) is 0 Å². The third-order valence-electron chi connectivity index (χ3n) is 3.77. The maximum atomic E-state index is 13.5. The SMILES string of the molecule is CC(O)C1CCCCN1CC(=O)Nc1cc(F)ccc1F. The van der Waals surface area contributed by atoms with Gasteiger partial charge in [0.25, 0.3) is 0 Å². The van der Waals surface area contributed by atoms with Gasteiger partial charge in [-0.2, -0.15) is 0 Å². The maximum absolute atomic E-state index is 13.5. The first-order valence-corrected chi connectivity index (χ1v) is 7.14. The highest BCUT2D eigenvalue weighted by Crippen LogP contribution is 2.20. The molecular formula is C15H20F2N2O2. The summed E-state index contributed by atoms with van der Waals surface area (Å²) < 4.78 is 26.5. The Hall–Kier alpha value is -1.53. The molecule has 2 atom stereocenters. The van der Waals surface area contributed by atoms with Crippen LogP contribution in [-0.2, 0) is 4.79 Å². The van der Waals surface area contributed by atoms with Crippen molar-refractivity contribution >= 4 is 11.6 Å². The molecule has 1 aromatic rings. The Morgan fingerprint density at radius 3 is 2.95 bits per heavy atom. The number of nitrogens with one attached hydrogen (secondary N) is 1. The number of anilines is 1. The summed E-state index contributed by atoms with van der Waals surface area (Å²) >= 11 is 0. The molecule has 0 bridgehead atoms. The molecule has 4 nitrogen and oxygen atoms in total. The molecule has 116 valence electrons. The number of amides is 1. The molecule has 1 heterocycles. The quantitative estimate of drug-likeness (QED) is 0.895. The zero-order valence-electron chi connectivity index (χ0n) is 12.0. The lowest BCUT2D eigenvalue weighted by Gasteiger charge is -2.36. The number of piperidine rings is 1. The molecule has 1 amide bonds. The lowest BCUT2D eigenvalue weighted by atomic mass is 9.98. The van der Waals surface area contributed by atoms with Crippen LogP contribution in [0.2, 0.25) is 0 Å². The Morgan fingerprint density at radius 2 is 2.24 bits per heavy atom. The van der Waals surface area contributed by atoms with Gasteiger partial charge in [-0.1, -0.05) is 6.42 Å². The highest BCUT2D eigenvalue weighted by molar-refractivity contribution is 5.92. The number of hydrogen-bond acceptors (Lipinski definition) is 3. The zero-order valence-corrected chi connectivity index (χ0v) is 12.0. The summed E-state index contributed by atoms with van der Waals surface area (Å²) in [6.45, 7) is 2.48. The van der Waals surface area contributed by atoms with E-state index < -0.39 is 23.6 Å². The highest BCUT2D eigenvalue weighted by atomic mass is 19.1. The summed E-state index contributed by atoms with van der Waals surface area (Å²) in [6.07, 6.45) is 2.29. The summed E-state index contributed by atoms with van der Waals surface area (Å²) in [7, 11) is 0. The minimum absolute atomic E-state index is 0.0610. The van der Waals surface area contributed by atoms with E-state index in [4.69, 9.17) is 0 Å². The largest absolute Gasteiger partial charge is 0.392 e. The van der Waals surface area contributed by atoms with Crippen LogP contribution in [0.1, 0.15) is 26.2 Å². The third-order valence-corrected chi connectivity index (χ3v) is 3.77. The fraction of sp³-hybridized carbons (Fsp3) is 0.533. The third kappa shape index (κ3) is 4.22. The van der Waals surface area contributed by atoms with Crippen molar-refractivity contribution in [3.63, 3.8) is 0 Å². The second kappa shape index (κ2) is 6.95. The molecule has 0 aromatic heterocycles. The van der Waals surface area contributed by atoms with Crippen LogP contribution in [-0.4, -0.2) is 41.1 Å². The number of likely N-dealkylation sites (tertiary alicyclic amines) is 1. The lowest BCUT2D eigenvalue weighted by molar-refractivity contribution is -0.118. The molecule has 0 saturated carbocycles. The van der Waals surface area contributed by atoms with Gasteiger partial charge in [-0.25, -0.2) is 8.78 Å². The highest BCUT2D eigenvalue weighted by Gasteiger charge is 2.27. The van der Waals surface area contributed by atoms with Crippen LogP contribution in [0, 0.1) is 11.6 Å². The standard InChI is InChI=1S/C15H20F2N2O2/c1-10(20)14-4-2-3-7-19(14)9-15(21)18-13-8-11(16)5-6-12(13)17/h5-6,8,10,14,20H,2-4,7,9H2,1H3,(H,18,21). The minimum atomic E-state index is -0.671. The summed E-state index contributed by atoms with van der Waals surface area (Å²) in [5, 5.41) is 12.1. The van der Waals surface area contributed by atoms with Crippen molar-refractivity contribution in [2.24, 2.45) is 0 Å². The average Bonchev–Trinajstić information content (AvgIpc) is 2.43. The minimum Gasteiger partial charge on any atom is -0.392 e. The second-order valence-corrected chi connectivity index (χ2v) is 5.45. The fourth-order valence-corrected chi connectivity index (χ4v) is 2.73. The number of halogens is 2. The van der Waals surface area contributed by atoms with Crippen LogP contribution in [0.15, 0.2) is 18.2 Å². The Kier molecular flexibility index (Phi) is 5.25. The number of carbonyl (C=O) groups is 1. The van der Waals surface area contributed by atoms with Crippen LogP contribution < -0.4 is 5.32 Å². The molecule has 2 rings (SSSR count). The molecule has 2 N–H and O–H groups in total. The molecule has 2 unspecified atom stereocenters. The van der Waals surface area contributed by atoms with Crippen molar-refractivity contribution in [2.45, 2.75) is 38.3 Å². The fourth-order valence-electron chi connectivity index (χ4n) is 2.73. The number of carbonyl (C=O) groups excluding carboxylic acids is 1. The van der Waals surface area contributed by atoms with Crippen molar-refractivity contribution in [3.8, 4) is 0 Å². The first-order valence-electron chi connectivity index (χ1n) is 7.14. The lowest BCUT2D eigenvalue weighted by Crippen LogP contribution is -2.48. The van der Waals surface area contributed by atoms with Gasteiger partial charge in [0, 0.05) is 12.1 Å². The van der Waals surface area contributed by atoms with Crippen LogP contribution in [0.25, 0.3) is 0 Å². The molecule has 21 heavy (non-hydrogen) atoms. The number of nitrogens with zero attached hydrogens (tertiary/aromatic N) is 1. The number of aliphatic hydroxyl groups is 1. The summed E-state index contributed by atoms with van der Waals surface area (Å²) in [4.78, 5) is 13.9. The molecule has 1 fully saturated rings. The molecule has 0 radical (unpaired) electrons. The van der Waals surface area contributed by atoms with Gasteiger partial charge in [0.2, 0.25) is 5.91 Å². The van der Waals surface area contributed by atoms with Crippen molar-refractivity contribution in [3.05, 3.63) is 29.8 Å². The molecule has 1 aliphatic heterocycles. The molecule has 0 spiro atoms. The summed E-state index contributed by atoms with van der Waals surface area (Å²) in [6, 6.07) is 2.86. The van der Waals surface area contributed by atoms with Gasteiger partial charge in [-0.3, -0.25) is 9.69 Å². The van der Waals surface area contributed by atoms with Gasteiger partial charge in [0.15, 0.2) is 0 Å². The van der Waals surface area contributed by atoms with Gasteiger partial charge in [-0.05, 0) is 38.4 Å². The van der Waals surface area contributed by atoms with E-state index >= 15 is 0 Å². The molecule has 6 heteroatoms. The first kappa shape index (κ1) is 15.9. The average molecular weight is 298 g/mol. The van der Waals surface area contributed by atoms with Gasteiger partial charge in [0.05, 0.1) is 18.3 Å². The smallest absolute Gasteiger partial charge is 0.238 e. The monoisotopic (exact) mass is 298 g/mol. The second-order valence-electron chi connectivity index (χ2n) is 5.45. The van der Waals surface area contributed by atoms with E-state index in [1.54, 1.807) is 6.92 Å². The Bertz CT molecular complexity index is 508. The molecule has 0 aliphatic carbocycles. The van der Waals surface area contributed by atoms with E-state index in [-0.39, 0.29) is 18.3 Å². The Morgan fingerprint density at radius 1 is 1.48 bits per heavy atom. The molecular weight excluding hydrogens is 278 g/mol. The van der Waals surface area contributed by atoms with Crippen molar-refractivity contribution in [1.82, 2.24) is 4.90 Å². The van der Waals surface area contributed by atoms with Crippen molar-refractivity contribution < 1.29 is 18.7 Å². The van der Waals surface area contributed by atoms with E-state index in [1.165, 1.54) is 0 Å². The van der Waals surface area contributed by atoms with E-state index in [9.17, 15) is 18.7 Å². The summed E-state index contributed by atoms with van der Waals surface area (Å²) in [5.74, 6) is -1.69. The predicted molar refractivity (Wildman–Crippen MR) is 75.9 cm³/mol. The number of benzene rings is 1. The topological polar surface area (TPSA) is 52.6 Å². The zero-order chi connectivity index (χ0) is 15.4. The number of rotatable bonds is 4. The van der Waals surface area contributed by atoms with Crippen LogP contribution in [0.4, 0.5) is 14.5 Å². The van der Waals surface area contributed by atoms with E-state index in [0.717, 1.165) is 37.5 Å². The van der Waals surface area contributed by atoms with Gasteiger partial charge in [-0.15, -0.1) is 0 Å². The van der Waals surface area contributed by atoms with Gasteiger partial charge >= 0.3 is 0 Å². The Balaban J connectivity index is 1.98. The normalized spacial score (nSPS) is 21.0. The maximum Gasteiger partial charge on any atom is 0.238 e. The summed E-state index contributed by atoms with van der Waals surface area (Å²) in [5.41, 5.74) is -0.161. The predicted octanol–water partition coefficient (Wildman–Crippen LogP) is 2.14. The number of hydrogen-bond donors (Lipinski definition) is 2. The van der Waals surface area contributed by atoms with E-state index in [1.807, 2.05) is 4.90 Å². The van der Waals surface area contributed by atoms with Crippen molar-refractivity contribution in [2.75, 3.05) is 18.4 Å². The molecule has 1 aliphatic rings. The van der Waals surface area contributed by atoms with Gasteiger partial charge < -0.3 is 10.4 Å². The number of aliphatic hydroxyl groups excluding tert-OH is 1. The van der Waals surface area contributed by atoms with E-state index in [0.29, 0.717) is 6.54 Å². The molecule has 1 aromatic carbocycles. The van der Waals surface area contributed by atoms with Crippen LogP contribution in [0.5, 0.6) is 0 Å². The van der Waals surface area contributed by atoms with Crippen molar-refractivity contribution in [1.29, 1.82) is 0 Å². The first-order chi connectivity index (χ1) is 9.97.